The number of benzene rings is 1. The van der Waals surface area contributed by atoms with Crippen LogP contribution in [0, 0.1) is 12.7 Å². The summed E-state index contributed by atoms with van der Waals surface area (Å²) >= 11 is 5.14. The molecule has 2 aromatic heterocycles. The van der Waals surface area contributed by atoms with E-state index in [9.17, 15) is 4.39 Å². The van der Waals surface area contributed by atoms with E-state index in [0.717, 1.165) is 31.0 Å². The second-order valence-electron chi connectivity index (χ2n) is 4.81. The summed E-state index contributed by atoms with van der Waals surface area (Å²) in [6.07, 6.45) is 0. The van der Waals surface area contributed by atoms with Gasteiger partial charge in [-0.3, -0.25) is 4.68 Å². The molecule has 0 aliphatic rings. The fraction of sp³-hybridized carbons (Fsp3) is 0.133. The Balaban J connectivity index is 2.22. The first-order valence-electron chi connectivity index (χ1n) is 6.32. The highest BCUT2D eigenvalue weighted by Crippen LogP contribution is 2.41. The average Bonchev–Trinajstić information content (AvgIpc) is 2.93. The smallest absolute Gasteiger partial charge is 0.129 e. The number of aromatic nitrogens is 2. The maximum atomic E-state index is 13.1. The number of hydrogen-bond acceptors (Lipinski definition) is 3. The van der Waals surface area contributed by atoms with Crippen LogP contribution in [0.4, 0.5) is 10.2 Å². The summed E-state index contributed by atoms with van der Waals surface area (Å²) in [6.45, 7) is 2.04. The van der Waals surface area contributed by atoms with Gasteiger partial charge in [0, 0.05) is 7.05 Å². The number of hydrogen-bond donors (Lipinski definition) is 1. The van der Waals surface area contributed by atoms with E-state index < -0.39 is 0 Å². The Morgan fingerprint density at radius 1 is 1.29 bits per heavy atom. The number of nitrogens with two attached hydrogens (primary N) is 1. The van der Waals surface area contributed by atoms with Crippen molar-refractivity contribution in [3.05, 3.63) is 45.5 Å². The predicted octanol–water partition coefficient (Wildman–Crippen LogP) is 4.61. The molecule has 108 valence electrons. The second kappa shape index (κ2) is 5.27. The van der Waals surface area contributed by atoms with Crippen LogP contribution in [0.5, 0.6) is 0 Å². The van der Waals surface area contributed by atoms with Gasteiger partial charge in [0.2, 0.25) is 0 Å². The van der Waals surface area contributed by atoms with Crippen molar-refractivity contribution < 1.29 is 4.39 Å². The second-order valence-corrected chi connectivity index (χ2v) is 7.18. The largest absolute Gasteiger partial charge is 0.383 e. The van der Waals surface area contributed by atoms with Crippen molar-refractivity contribution in [2.75, 3.05) is 5.73 Å². The predicted molar refractivity (Wildman–Crippen MR) is 88.8 cm³/mol. The lowest BCUT2D eigenvalue weighted by Gasteiger charge is -2.03. The van der Waals surface area contributed by atoms with E-state index in [2.05, 4.69) is 27.1 Å². The van der Waals surface area contributed by atoms with Crippen LogP contribution in [-0.4, -0.2) is 9.78 Å². The molecule has 3 aromatic rings. The molecule has 2 heterocycles. The Morgan fingerprint density at radius 3 is 2.52 bits per heavy atom. The summed E-state index contributed by atoms with van der Waals surface area (Å²) in [4.78, 5) is 1.03. The average molecular weight is 366 g/mol. The van der Waals surface area contributed by atoms with Crippen molar-refractivity contribution in [3.8, 4) is 21.7 Å². The Kier molecular flexibility index (Phi) is 3.59. The van der Waals surface area contributed by atoms with Gasteiger partial charge in [-0.1, -0.05) is 12.1 Å². The van der Waals surface area contributed by atoms with Crippen molar-refractivity contribution in [1.82, 2.24) is 9.78 Å². The van der Waals surface area contributed by atoms with Crippen LogP contribution < -0.4 is 5.73 Å². The van der Waals surface area contributed by atoms with Gasteiger partial charge < -0.3 is 5.73 Å². The van der Waals surface area contributed by atoms with E-state index in [4.69, 9.17) is 5.73 Å². The van der Waals surface area contributed by atoms with Crippen molar-refractivity contribution >= 4 is 33.1 Å². The van der Waals surface area contributed by atoms with Crippen LogP contribution in [0.3, 0.4) is 0 Å². The van der Waals surface area contributed by atoms with Gasteiger partial charge in [-0.2, -0.15) is 5.10 Å². The summed E-state index contributed by atoms with van der Waals surface area (Å²) in [5, 5.41) is 4.52. The van der Waals surface area contributed by atoms with Gasteiger partial charge >= 0.3 is 0 Å². The summed E-state index contributed by atoms with van der Waals surface area (Å²) in [5.74, 6) is 0.302. The minimum atomic E-state index is -0.266. The molecule has 3 nitrogen and oxygen atoms in total. The maximum Gasteiger partial charge on any atom is 0.129 e. The zero-order valence-corrected chi connectivity index (χ0v) is 13.9. The molecule has 0 saturated carbocycles. The van der Waals surface area contributed by atoms with Crippen LogP contribution in [0.2, 0.25) is 0 Å². The number of nitrogens with zero attached hydrogens (tertiary/aromatic N) is 2. The van der Waals surface area contributed by atoms with Gasteiger partial charge in [0.1, 0.15) is 17.3 Å². The van der Waals surface area contributed by atoms with Gasteiger partial charge in [0.15, 0.2) is 0 Å². The van der Waals surface area contributed by atoms with Crippen LogP contribution in [0.25, 0.3) is 21.7 Å². The fourth-order valence-electron chi connectivity index (χ4n) is 2.19. The lowest BCUT2D eigenvalue weighted by Crippen LogP contribution is -1.97. The van der Waals surface area contributed by atoms with Crippen LogP contribution in [0.15, 0.2) is 34.1 Å². The lowest BCUT2D eigenvalue weighted by molar-refractivity contribution is 0.628. The van der Waals surface area contributed by atoms with Gasteiger partial charge in [-0.15, -0.1) is 11.3 Å². The SMILES string of the molecule is Cc1cc(-c2nn(C)c(N)c2-c2ccc(F)cc2)sc1Br. The summed E-state index contributed by atoms with van der Waals surface area (Å²) in [7, 11) is 1.81. The molecule has 0 aliphatic carbocycles. The Hall–Kier alpha value is -1.66. The van der Waals surface area contributed by atoms with E-state index in [1.165, 1.54) is 12.1 Å². The third kappa shape index (κ3) is 2.49. The van der Waals surface area contributed by atoms with E-state index in [1.54, 1.807) is 35.2 Å². The standard InChI is InChI=1S/C15H13BrFN3S/c1-8-7-11(21-14(8)16)13-12(15(18)20(2)19-13)9-3-5-10(17)6-4-9/h3-7H,18H2,1-2H3. The number of thiophene rings is 1. The molecule has 0 atom stereocenters. The monoisotopic (exact) mass is 365 g/mol. The van der Waals surface area contributed by atoms with Crippen LogP contribution in [0.1, 0.15) is 5.56 Å². The molecule has 0 unspecified atom stereocenters. The van der Waals surface area contributed by atoms with Crippen molar-refractivity contribution in [2.24, 2.45) is 7.05 Å². The molecule has 2 N–H and O–H groups in total. The quantitative estimate of drug-likeness (QED) is 0.720. The number of nitrogen functional groups attached to an aromatic ring is 1. The molecule has 0 bridgehead atoms. The Bertz CT molecular complexity index is 786. The summed E-state index contributed by atoms with van der Waals surface area (Å²) in [5.41, 5.74) is 9.83. The highest BCUT2D eigenvalue weighted by Gasteiger charge is 2.19. The Morgan fingerprint density at radius 2 is 1.95 bits per heavy atom. The van der Waals surface area contributed by atoms with Gasteiger partial charge in [-0.25, -0.2) is 4.39 Å². The topological polar surface area (TPSA) is 43.8 Å². The van der Waals surface area contributed by atoms with Gasteiger partial charge in [0.25, 0.3) is 0 Å². The van der Waals surface area contributed by atoms with Gasteiger partial charge in [-0.05, 0) is 52.2 Å². The number of halogens is 2. The molecule has 0 spiro atoms. The van der Waals surface area contributed by atoms with Crippen molar-refractivity contribution in [1.29, 1.82) is 0 Å². The molecule has 1 aromatic carbocycles. The number of rotatable bonds is 2. The molecule has 0 fully saturated rings. The fourth-order valence-corrected chi connectivity index (χ4v) is 3.71. The molecule has 0 saturated heterocycles. The first kappa shape index (κ1) is 14.3. The maximum absolute atomic E-state index is 13.1. The lowest BCUT2D eigenvalue weighted by atomic mass is 10.0. The van der Waals surface area contributed by atoms with Gasteiger partial charge in [0.05, 0.1) is 14.2 Å². The minimum Gasteiger partial charge on any atom is -0.383 e. The normalized spacial score (nSPS) is 11.0. The van der Waals surface area contributed by atoms with Crippen molar-refractivity contribution in [3.63, 3.8) is 0 Å². The number of anilines is 1. The highest BCUT2D eigenvalue weighted by molar-refractivity contribution is 9.11. The van der Waals surface area contributed by atoms with Crippen LogP contribution in [-0.2, 0) is 7.05 Å². The molecular weight excluding hydrogens is 353 g/mol. The molecular formula is C15H13BrFN3S. The molecule has 6 heteroatoms. The zero-order chi connectivity index (χ0) is 15.1. The zero-order valence-electron chi connectivity index (χ0n) is 11.5. The van der Waals surface area contributed by atoms with E-state index in [1.807, 2.05) is 6.92 Å². The van der Waals surface area contributed by atoms with E-state index in [0.29, 0.717) is 5.82 Å². The Labute approximate surface area is 134 Å². The molecule has 0 amide bonds. The van der Waals surface area contributed by atoms with Crippen molar-refractivity contribution in [2.45, 2.75) is 6.92 Å². The molecule has 21 heavy (non-hydrogen) atoms. The molecule has 0 radical (unpaired) electrons. The third-order valence-corrected chi connectivity index (χ3v) is 5.46. The summed E-state index contributed by atoms with van der Waals surface area (Å²) in [6, 6.07) is 8.38. The van der Waals surface area contributed by atoms with E-state index in [-0.39, 0.29) is 5.82 Å². The summed E-state index contributed by atoms with van der Waals surface area (Å²) < 4.78 is 15.9. The third-order valence-electron chi connectivity index (χ3n) is 3.32. The first-order chi connectivity index (χ1) is 9.97. The number of aryl methyl sites for hydroxylation is 2. The van der Waals surface area contributed by atoms with Crippen LogP contribution >= 0.6 is 27.3 Å². The first-order valence-corrected chi connectivity index (χ1v) is 7.93. The minimum absolute atomic E-state index is 0.266. The molecule has 0 aliphatic heterocycles. The highest BCUT2D eigenvalue weighted by atomic mass is 79.9. The van der Waals surface area contributed by atoms with E-state index >= 15 is 0 Å². The molecule has 3 rings (SSSR count).